The molecule has 1 unspecified atom stereocenters. The van der Waals surface area contributed by atoms with E-state index >= 15 is 0 Å². The average Bonchev–Trinajstić information content (AvgIpc) is 3.02. The van der Waals surface area contributed by atoms with Gasteiger partial charge in [0.1, 0.15) is 11.5 Å². The fourth-order valence-corrected chi connectivity index (χ4v) is 14.1. The Kier molecular flexibility index (Phi) is 15.3. The van der Waals surface area contributed by atoms with Crippen molar-refractivity contribution in [2.45, 2.75) is 124 Å². The summed E-state index contributed by atoms with van der Waals surface area (Å²) in [6.45, 7) is 20.7. The van der Waals surface area contributed by atoms with Crippen LogP contribution in [-0.4, -0.2) is 40.2 Å². The summed E-state index contributed by atoms with van der Waals surface area (Å²) in [4.78, 5) is 24.3. The summed E-state index contributed by atoms with van der Waals surface area (Å²) < 4.78 is 23.9. The van der Waals surface area contributed by atoms with Crippen LogP contribution in [0.2, 0.25) is 38.8 Å². The second kappa shape index (κ2) is 18.7. The van der Waals surface area contributed by atoms with Crippen molar-refractivity contribution in [1.29, 1.82) is 0 Å². The number of hydrogen-bond donors (Lipinski definition) is 0. The van der Waals surface area contributed by atoms with Gasteiger partial charge < -0.3 is 18.3 Å². The molecular weight excluding hydrogens is 663 g/mol. The fourth-order valence-electron chi connectivity index (χ4n) is 5.95. The number of rotatable bonds is 20. The van der Waals surface area contributed by atoms with Crippen LogP contribution in [0.1, 0.15) is 89.4 Å². The van der Waals surface area contributed by atoms with E-state index in [1.807, 2.05) is 13.0 Å². The summed E-state index contributed by atoms with van der Waals surface area (Å²) in [6, 6.07) is 20.1. The van der Waals surface area contributed by atoms with Gasteiger partial charge in [-0.3, -0.25) is 10.1 Å². The lowest BCUT2D eigenvalue weighted by Crippen LogP contribution is -2.42. The van der Waals surface area contributed by atoms with Crippen molar-refractivity contribution < 1.29 is 28.0 Å². The molecule has 0 N–H and O–H groups in total. The fraction of sp³-hybridized carbons (Fsp3) is 0.525. The standard InChI is InChI=1S/C40H59NO7Si2/c1-31(16-12-13-27-40(2,3)4)46-38-26-21-34(30-37(38)41(43)44)32-17-24-36(25-18-32)47-39(42)33-19-22-35(23-20-33)45-28-14-10-11-15-29-50(8,9)48-49(5,6)7/h17-26,30-31H,10-16,27-29H2,1-9H3. The molecule has 0 aliphatic carbocycles. The number of nitro benzene ring substituents is 1. The van der Waals surface area contributed by atoms with Crippen molar-refractivity contribution in [2.75, 3.05) is 6.61 Å². The van der Waals surface area contributed by atoms with E-state index in [1.54, 1.807) is 54.6 Å². The number of unbranched alkanes of at least 4 members (excludes halogenated alkanes) is 4. The van der Waals surface area contributed by atoms with Gasteiger partial charge in [0, 0.05) is 6.07 Å². The third-order valence-corrected chi connectivity index (χ3v) is 14.5. The van der Waals surface area contributed by atoms with Crippen molar-refractivity contribution >= 4 is 28.3 Å². The minimum Gasteiger partial charge on any atom is -0.494 e. The maximum absolute atomic E-state index is 12.8. The molecule has 0 fully saturated rings. The van der Waals surface area contributed by atoms with E-state index in [4.69, 9.17) is 18.3 Å². The number of benzene rings is 3. The zero-order valence-corrected chi connectivity index (χ0v) is 33.8. The molecule has 8 nitrogen and oxygen atoms in total. The Morgan fingerprint density at radius 1 is 0.800 bits per heavy atom. The Hall–Kier alpha value is -3.48. The normalized spacial score (nSPS) is 12.7. The molecule has 0 heterocycles. The summed E-state index contributed by atoms with van der Waals surface area (Å²) in [6.07, 6.45) is 8.43. The highest BCUT2D eigenvalue weighted by Crippen LogP contribution is 2.34. The Morgan fingerprint density at radius 3 is 2.04 bits per heavy atom. The average molecular weight is 722 g/mol. The van der Waals surface area contributed by atoms with E-state index in [0.29, 0.717) is 28.9 Å². The van der Waals surface area contributed by atoms with Gasteiger partial charge in [-0.25, -0.2) is 4.79 Å². The number of esters is 1. The molecule has 0 saturated carbocycles. The summed E-state index contributed by atoms with van der Waals surface area (Å²) in [5.41, 5.74) is 2.08. The lowest BCUT2D eigenvalue weighted by molar-refractivity contribution is -0.386. The van der Waals surface area contributed by atoms with Crippen molar-refractivity contribution in [3.8, 4) is 28.4 Å². The minimum atomic E-state index is -1.57. The van der Waals surface area contributed by atoms with Gasteiger partial charge in [-0.05, 0) is 130 Å². The molecule has 3 aromatic rings. The predicted molar refractivity (Wildman–Crippen MR) is 209 cm³/mol. The van der Waals surface area contributed by atoms with E-state index in [2.05, 4.69) is 53.5 Å². The highest BCUT2D eigenvalue weighted by Gasteiger charge is 2.28. The smallest absolute Gasteiger partial charge is 0.343 e. The summed E-state index contributed by atoms with van der Waals surface area (Å²) in [7, 11) is -3.05. The van der Waals surface area contributed by atoms with Gasteiger partial charge >= 0.3 is 11.7 Å². The molecule has 0 spiro atoms. The van der Waals surface area contributed by atoms with Gasteiger partial charge in [-0.2, -0.15) is 0 Å². The number of carbonyl (C=O) groups is 1. The number of nitro groups is 1. The SMILES string of the molecule is CC(CCCCC(C)(C)C)Oc1ccc(-c2ccc(OC(=O)c3ccc(OCCCCCC[Si](C)(C)O[Si](C)(C)C)cc3)cc2)cc1[N+](=O)[O-]. The second-order valence-electron chi connectivity index (χ2n) is 16.1. The first kappa shape index (κ1) is 40.9. The molecular formula is C40H59NO7Si2. The van der Waals surface area contributed by atoms with Gasteiger partial charge in [0.2, 0.25) is 0 Å². The molecule has 0 aromatic heterocycles. The molecule has 0 bridgehead atoms. The molecule has 3 aromatic carbocycles. The van der Waals surface area contributed by atoms with Crippen LogP contribution in [-0.2, 0) is 4.12 Å². The van der Waals surface area contributed by atoms with Crippen LogP contribution < -0.4 is 14.2 Å². The monoisotopic (exact) mass is 721 g/mol. The second-order valence-corrected chi connectivity index (χ2v) is 25.2. The first-order valence-electron chi connectivity index (χ1n) is 18.1. The Morgan fingerprint density at radius 2 is 1.42 bits per heavy atom. The van der Waals surface area contributed by atoms with Crippen LogP contribution in [0.5, 0.6) is 17.2 Å². The van der Waals surface area contributed by atoms with Gasteiger partial charge in [0.05, 0.1) is 23.2 Å². The Bertz CT molecular complexity index is 1510. The zero-order valence-electron chi connectivity index (χ0n) is 31.8. The van der Waals surface area contributed by atoms with E-state index in [9.17, 15) is 14.9 Å². The van der Waals surface area contributed by atoms with Crippen molar-refractivity contribution in [2.24, 2.45) is 5.41 Å². The van der Waals surface area contributed by atoms with E-state index in [0.717, 1.165) is 49.8 Å². The number of nitrogens with zero attached hydrogens (tertiary/aromatic N) is 1. The molecule has 1 atom stereocenters. The predicted octanol–water partition coefficient (Wildman–Crippen LogP) is 11.9. The van der Waals surface area contributed by atoms with Crippen molar-refractivity contribution in [3.05, 3.63) is 82.4 Å². The van der Waals surface area contributed by atoms with Gasteiger partial charge in [0.15, 0.2) is 22.4 Å². The summed E-state index contributed by atoms with van der Waals surface area (Å²) in [5, 5.41) is 11.9. The van der Waals surface area contributed by atoms with Gasteiger partial charge in [-0.1, -0.05) is 64.7 Å². The first-order chi connectivity index (χ1) is 23.4. The van der Waals surface area contributed by atoms with E-state index in [1.165, 1.54) is 25.0 Å². The number of carbonyl (C=O) groups excluding carboxylic acids is 1. The first-order valence-corrected chi connectivity index (χ1v) is 24.6. The van der Waals surface area contributed by atoms with Crippen LogP contribution in [0.15, 0.2) is 66.7 Å². The summed E-state index contributed by atoms with van der Waals surface area (Å²) in [5.74, 6) is 0.897. The molecule has 3 rings (SSSR count). The van der Waals surface area contributed by atoms with E-state index < -0.39 is 27.5 Å². The third-order valence-electron chi connectivity index (χ3n) is 8.28. The maximum atomic E-state index is 12.8. The van der Waals surface area contributed by atoms with Crippen molar-refractivity contribution in [3.63, 3.8) is 0 Å². The minimum absolute atomic E-state index is 0.0730. The Balaban J connectivity index is 1.45. The molecule has 0 amide bonds. The van der Waals surface area contributed by atoms with Gasteiger partial charge in [0.25, 0.3) is 0 Å². The third kappa shape index (κ3) is 15.2. The highest BCUT2D eigenvalue weighted by atomic mass is 28.4. The van der Waals surface area contributed by atoms with E-state index in [-0.39, 0.29) is 17.5 Å². The van der Waals surface area contributed by atoms with Crippen LogP contribution in [0.3, 0.4) is 0 Å². The van der Waals surface area contributed by atoms with Crippen molar-refractivity contribution in [1.82, 2.24) is 0 Å². The molecule has 0 aliphatic rings. The molecule has 0 saturated heterocycles. The van der Waals surface area contributed by atoms with Crippen LogP contribution in [0.25, 0.3) is 11.1 Å². The van der Waals surface area contributed by atoms with Crippen LogP contribution >= 0.6 is 0 Å². The zero-order chi connectivity index (χ0) is 37.0. The molecule has 274 valence electrons. The maximum Gasteiger partial charge on any atom is 0.343 e. The summed E-state index contributed by atoms with van der Waals surface area (Å²) >= 11 is 0. The van der Waals surface area contributed by atoms with Crippen LogP contribution in [0, 0.1) is 15.5 Å². The highest BCUT2D eigenvalue weighted by molar-refractivity contribution is 6.84. The van der Waals surface area contributed by atoms with Gasteiger partial charge in [-0.15, -0.1) is 0 Å². The lowest BCUT2D eigenvalue weighted by atomic mass is 9.89. The lowest BCUT2D eigenvalue weighted by Gasteiger charge is -2.31. The Labute approximate surface area is 302 Å². The molecule has 50 heavy (non-hydrogen) atoms. The molecule has 10 heteroatoms. The largest absolute Gasteiger partial charge is 0.494 e. The quantitative estimate of drug-likeness (QED) is 0.0286. The topological polar surface area (TPSA) is 97.1 Å². The molecule has 0 radical (unpaired) electrons. The molecule has 0 aliphatic heterocycles. The number of ether oxygens (including phenoxy) is 3. The number of hydrogen-bond acceptors (Lipinski definition) is 7. The van der Waals surface area contributed by atoms with Crippen LogP contribution in [0.4, 0.5) is 5.69 Å².